The van der Waals surface area contributed by atoms with Crippen molar-refractivity contribution in [3.63, 3.8) is 0 Å². The number of rotatable bonds is 4. The highest BCUT2D eigenvalue weighted by atomic mass is 16.6. The average molecular weight is 453 g/mol. The van der Waals surface area contributed by atoms with E-state index < -0.39 is 11.6 Å². The molecule has 0 amide bonds. The molecular formula is C27H23N3O4. The summed E-state index contributed by atoms with van der Waals surface area (Å²) in [6.07, 6.45) is 0.117. The highest BCUT2D eigenvalue weighted by molar-refractivity contribution is 5.89. The zero-order valence-corrected chi connectivity index (χ0v) is 18.7. The number of anilines is 1. The zero-order chi connectivity index (χ0) is 23.4. The van der Waals surface area contributed by atoms with Crippen LogP contribution in [0.3, 0.4) is 0 Å². The second kappa shape index (κ2) is 7.53. The van der Waals surface area contributed by atoms with Gasteiger partial charge < -0.3 is 19.7 Å². The highest BCUT2D eigenvalue weighted by Crippen LogP contribution is 2.40. The van der Waals surface area contributed by atoms with Gasteiger partial charge in [-0.15, -0.1) is 0 Å². The third-order valence-electron chi connectivity index (χ3n) is 6.96. The Balaban J connectivity index is 1.55. The fourth-order valence-electron chi connectivity index (χ4n) is 5.06. The lowest BCUT2D eigenvalue weighted by atomic mass is 9.86. The van der Waals surface area contributed by atoms with Gasteiger partial charge in [-0.05, 0) is 36.2 Å². The molecule has 6 rings (SSSR count). The molecule has 0 unspecified atom stereocenters. The van der Waals surface area contributed by atoms with E-state index in [4.69, 9.17) is 9.72 Å². The quantitative estimate of drug-likeness (QED) is 0.403. The third-order valence-corrected chi connectivity index (χ3v) is 6.96. The minimum absolute atomic E-state index is 0.117. The number of hydrogen-bond acceptors (Lipinski definition) is 6. The van der Waals surface area contributed by atoms with Crippen molar-refractivity contribution in [3.8, 4) is 11.4 Å². The Morgan fingerprint density at radius 2 is 1.85 bits per heavy atom. The van der Waals surface area contributed by atoms with Crippen LogP contribution in [0.15, 0.2) is 65.5 Å². The number of pyridine rings is 2. The van der Waals surface area contributed by atoms with Crippen molar-refractivity contribution in [1.82, 2.24) is 9.55 Å². The Labute approximate surface area is 195 Å². The molecule has 0 spiro atoms. The lowest BCUT2D eigenvalue weighted by Gasteiger charge is -2.31. The smallest absolute Gasteiger partial charge is 0.343 e. The van der Waals surface area contributed by atoms with Gasteiger partial charge >= 0.3 is 5.97 Å². The average Bonchev–Trinajstić information content (AvgIpc) is 3.24. The van der Waals surface area contributed by atoms with Crippen molar-refractivity contribution in [2.75, 3.05) is 5.32 Å². The number of nitrogens with zero attached hydrogens (tertiary/aromatic N) is 2. The Morgan fingerprint density at radius 1 is 1.09 bits per heavy atom. The topological polar surface area (TPSA) is 93.5 Å². The van der Waals surface area contributed by atoms with Crippen LogP contribution < -0.4 is 10.9 Å². The molecule has 34 heavy (non-hydrogen) atoms. The Bertz CT molecular complexity index is 1530. The van der Waals surface area contributed by atoms with Crippen molar-refractivity contribution in [2.45, 2.75) is 38.6 Å². The number of aliphatic hydroxyl groups is 1. The molecule has 2 aromatic carbocycles. The second-order valence-corrected chi connectivity index (χ2v) is 8.76. The monoisotopic (exact) mass is 453 g/mol. The maximum Gasteiger partial charge on any atom is 0.343 e. The van der Waals surface area contributed by atoms with E-state index in [0.717, 1.165) is 27.7 Å². The van der Waals surface area contributed by atoms with Crippen LogP contribution in [0, 0.1) is 0 Å². The lowest BCUT2D eigenvalue weighted by molar-refractivity contribution is -0.172. The molecule has 0 radical (unpaired) electrons. The Morgan fingerprint density at radius 3 is 2.65 bits per heavy atom. The summed E-state index contributed by atoms with van der Waals surface area (Å²) in [7, 11) is 0. The summed E-state index contributed by atoms with van der Waals surface area (Å²) >= 11 is 0. The fourth-order valence-corrected chi connectivity index (χ4v) is 5.06. The van der Waals surface area contributed by atoms with Crippen LogP contribution in [0.25, 0.3) is 22.3 Å². The molecule has 7 nitrogen and oxygen atoms in total. The van der Waals surface area contributed by atoms with Crippen molar-refractivity contribution in [2.24, 2.45) is 0 Å². The maximum absolute atomic E-state index is 13.5. The van der Waals surface area contributed by atoms with Crippen LogP contribution in [-0.4, -0.2) is 20.6 Å². The summed E-state index contributed by atoms with van der Waals surface area (Å²) < 4.78 is 6.85. The van der Waals surface area contributed by atoms with Crippen molar-refractivity contribution >= 4 is 22.6 Å². The SMILES string of the molecule is CC[C@@]1(O)C(=O)OCc2c1cc1n(c2=O)Cc2c-1nc1ccccc1c2CNc1ccccc1. The van der Waals surface area contributed by atoms with Crippen LogP contribution in [0.4, 0.5) is 5.69 Å². The lowest BCUT2D eigenvalue weighted by Crippen LogP contribution is -2.44. The minimum Gasteiger partial charge on any atom is -0.458 e. The first-order chi connectivity index (χ1) is 16.5. The van der Waals surface area contributed by atoms with Crippen LogP contribution in [0.1, 0.15) is 35.6 Å². The molecule has 0 aliphatic carbocycles. The highest BCUT2D eigenvalue weighted by Gasteiger charge is 2.45. The van der Waals surface area contributed by atoms with Crippen molar-refractivity contribution < 1.29 is 14.6 Å². The molecule has 1 atom stereocenters. The predicted octanol–water partition coefficient (Wildman–Crippen LogP) is 3.69. The van der Waals surface area contributed by atoms with Crippen LogP contribution in [0.2, 0.25) is 0 Å². The summed E-state index contributed by atoms with van der Waals surface area (Å²) in [5.74, 6) is -0.718. The summed E-state index contributed by atoms with van der Waals surface area (Å²) in [6.45, 7) is 2.51. The number of ether oxygens (including phenoxy) is 1. The van der Waals surface area contributed by atoms with Gasteiger partial charge in [-0.25, -0.2) is 9.78 Å². The zero-order valence-electron chi connectivity index (χ0n) is 18.7. The molecule has 0 saturated heterocycles. The van der Waals surface area contributed by atoms with E-state index in [0.29, 0.717) is 35.6 Å². The molecule has 2 N–H and O–H groups in total. The van der Waals surface area contributed by atoms with Crippen molar-refractivity contribution in [3.05, 3.63) is 93.3 Å². The standard InChI is InChI=1S/C27H23N3O4/c1-2-27(33)21-12-23-24-19(14-30(23)25(31)20(21)15-34-26(27)32)18(13-28-16-8-4-3-5-9-16)17-10-6-7-11-22(17)29-24/h3-12,28,33H,2,13-15H2,1H3/t27-/m0/s1. The van der Waals surface area contributed by atoms with Crippen LogP contribution in [0.5, 0.6) is 0 Å². The third kappa shape index (κ3) is 2.90. The number of aromatic nitrogens is 2. The van der Waals surface area contributed by atoms with E-state index in [1.165, 1.54) is 0 Å². The molecule has 7 heteroatoms. The molecule has 2 aliphatic rings. The van der Waals surface area contributed by atoms with Gasteiger partial charge in [0.25, 0.3) is 5.56 Å². The molecular weight excluding hydrogens is 430 g/mol. The molecule has 0 bridgehead atoms. The van der Waals surface area contributed by atoms with Crippen molar-refractivity contribution in [1.29, 1.82) is 0 Å². The van der Waals surface area contributed by atoms with E-state index in [9.17, 15) is 14.7 Å². The van der Waals surface area contributed by atoms with Gasteiger partial charge in [0.15, 0.2) is 5.60 Å². The van der Waals surface area contributed by atoms with Gasteiger partial charge in [-0.3, -0.25) is 4.79 Å². The number of hydrogen-bond donors (Lipinski definition) is 2. The van der Waals surface area contributed by atoms with E-state index in [1.807, 2.05) is 54.6 Å². The number of fused-ring (bicyclic) bond motifs is 5. The fraction of sp³-hybridized carbons (Fsp3) is 0.222. The summed E-state index contributed by atoms with van der Waals surface area (Å²) in [6, 6.07) is 19.6. The van der Waals surface area contributed by atoms with E-state index in [-0.39, 0.29) is 18.6 Å². The number of carbonyl (C=O) groups is 1. The number of carbonyl (C=O) groups excluding carboxylic acids is 1. The number of nitrogens with one attached hydrogen (secondary N) is 1. The van der Waals surface area contributed by atoms with Gasteiger partial charge in [-0.2, -0.15) is 0 Å². The van der Waals surface area contributed by atoms with Gasteiger partial charge in [0.1, 0.15) is 6.61 Å². The largest absolute Gasteiger partial charge is 0.458 e. The molecule has 4 heterocycles. The molecule has 0 saturated carbocycles. The molecule has 0 fully saturated rings. The molecule has 4 aromatic rings. The van der Waals surface area contributed by atoms with Gasteiger partial charge in [0.05, 0.1) is 29.0 Å². The van der Waals surface area contributed by atoms with E-state index in [1.54, 1.807) is 17.6 Å². The first kappa shape index (κ1) is 20.6. The minimum atomic E-state index is -1.83. The summed E-state index contributed by atoms with van der Waals surface area (Å²) in [5, 5.41) is 15.6. The Kier molecular flexibility index (Phi) is 4.57. The first-order valence-corrected chi connectivity index (χ1v) is 11.4. The van der Waals surface area contributed by atoms with Gasteiger partial charge in [0, 0.05) is 28.7 Å². The number of benzene rings is 2. The molecule has 2 aliphatic heterocycles. The predicted molar refractivity (Wildman–Crippen MR) is 128 cm³/mol. The van der Waals surface area contributed by atoms with Crippen LogP contribution in [-0.2, 0) is 34.8 Å². The first-order valence-electron chi connectivity index (χ1n) is 11.4. The molecule has 2 aromatic heterocycles. The number of esters is 1. The van der Waals surface area contributed by atoms with Crippen LogP contribution >= 0.6 is 0 Å². The van der Waals surface area contributed by atoms with Gasteiger partial charge in [-0.1, -0.05) is 43.3 Å². The maximum atomic E-state index is 13.5. The van der Waals surface area contributed by atoms with E-state index >= 15 is 0 Å². The number of para-hydroxylation sites is 2. The van der Waals surface area contributed by atoms with E-state index in [2.05, 4.69) is 5.32 Å². The Hall–Kier alpha value is -3.97. The normalized spacial score (nSPS) is 18.2. The molecule has 170 valence electrons. The second-order valence-electron chi connectivity index (χ2n) is 8.76. The van der Waals surface area contributed by atoms with Gasteiger partial charge in [0.2, 0.25) is 0 Å². The summed E-state index contributed by atoms with van der Waals surface area (Å²) in [4.78, 5) is 30.8. The summed E-state index contributed by atoms with van der Waals surface area (Å²) in [5.41, 5.74) is 3.77. The number of cyclic esters (lactones) is 1.